The van der Waals surface area contributed by atoms with E-state index in [2.05, 4.69) is 0 Å². The highest BCUT2D eigenvalue weighted by atomic mass is 16.5. The number of benzene rings is 4. The van der Waals surface area contributed by atoms with Gasteiger partial charge in [0, 0.05) is 0 Å². The highest BCUT2D eigenvalue weighted by Crippen LogP contribution is 2.33. The van der Waals surface area contributed by atoms with Gasteiger partial charge in [-0.25, -0.2) is 0 Å². The Bertz CT molecular complexity index is 1690. The normalized spacial score (nSPS) is 13.6. The zero-order valence-electron chi connectivity index (χ0n) is 24.5. The zero-order chi connectivity index (χ0) is 31.5. The topological polar surface area (TPSA) is 121 Å². The largest absolute Gasteiger partial charge is 0.493 e. The van der Waals surface area contributed by atoms with Crippen LogP contribution >= 0.6 is 0 Å². The third kappa shape index (κ3) is 5.63. The van der Waals surface area contributed by atoms with Crippen molar-refractivity contribution >= 4 is 23.6 Å². The fourth-order valence-electron chi connectivity index (χ4n) is 5.18. The van der Waals surface area contributed by atoms with Gasteiger partial charge in [0.2, 0.25) is 0 Å². The van der Waals surface area contributed by atoms with Crippen LogP contribution in [0.3, 0.4) is 0 Å². The number of carbonyl (C=O) groups is 4. The molecule has 0 N–H and O–H groups in total. The van der Waals surface area contributed by atoms with E-state index in [0.29, 0.717) is 34.5 Å². The average Bonchev–Trinajstić information content (AvgIpc) is 3.44. The Labute approximate surface area is 258 Å². The van der Waals surface area contributed by atoms with Crippen LogP contribution in [0.4, 0.5) is 0 Å². The summed E-state index contributed by atoms with van der Waals surface area (Å²) in [7, 11) is 3.06. The van der Waals surface area contributed by atoms with Crippen molar-refractivity contribution in [1.82, 2.24) is 9.80 Å². The Morgan fingerprint density at radius 1 is 0.489 bits per heavy atom. The van der Waals surface area contributed by atoms with Crippen molar-refractivity contribution < 1.29 is 42.9 Å². The highest BCUT2D eigenvalue weighted by molar-refractivity contribution is 6.22. The minimum absolute atomic E-state index is 0.0436. The van der Waals surface area contributed by atoms with E-state index in [1.54, 1.807) is 48.5 Å². The molecule has 6 rings (SSSR count). The first-order valence-electron chi connectivity index (χ1n) is 14.1. The first-order valence-corrected chi connectivity index (χ1v) is 14.1. The maximum atomic E-state index is 13.1. The smallest absolute Gasteiger partial charge is 0.261 e. The number of rotatable bonds is 12. The Morgan fingerprint density at radius 3 is 1.27 bits per heavy atom. The van der Waals surface area contributed by atoms with Crippen molar-refractivity contribution in [3.05, 3.63) is 107 Å². The van der Waals surface area contributed by atoms with Gasteiger partial charge in [-0.05, 0) is 60.7 Å². The van der Waals surface area contributed by atoms with Crippen LogP contribution in [-0.4, -0.2) is 74.0 Å². The second kappa shape index (κ2) is 12.4. The number of imide groups is 2. The summed E-state index contributed by atoms with van der Waals surface area (Å²) in [5, 5.41) is 0. The second-order valence-electron chi connectivity index (χ2n) is 10.0. The van der Waals surface area contributed by atoms with Gasteiger partial charge in [0.25, 0.3) is 23.6 Å². The predicted molar refractivity (Wildman–Crippen MR) is 161 cm³/mol. The minimum Gasteiger partial charge on any atom is -0.493 e. The van der Waals surface area contributed by atoms with Crippen LogP contribution in [0.2, 0.25) is 0 Å². The number of amides is 4. The second-order valence-corrected chi connectivity index (χ2v) is 10.0. The van der Waals surface area contributed by atoms with Crippen molar-refractivity contribution in [2.75, 3.05) is 40.5 Å². The lowest BCUT2D eigenvalue weighted by atomic mass is 10.1. The molecule has 0 fully saturated rings. The highest BCUT2D eigenvalue weighted by Gasteiger charge is 2.37. The fraction of sp³-hybridized carbons (Fsp3) is 0.176. The summed E-state index contributed by atoms with van der Waals surface area (Å²) in [6.07, 6.45) is 0. The van der Waals surface area contributed by atoms with Crippen molar-refractivity contribution in [3.63, 3.8) is 0 Å². The molecule has 228 valence electrons. The molecule has 4 amide bonds. The van der Waals surface area contributed by atoms with Crippen molar-refractivity contribution in [2.24, 2.45) is 0 Å². The molecule has 11 nitrogen and oxygen atoms in total. The first-order chi connectivity index (χ1) is 21.9. The van der Waals surface area contributed by atoms with Crippen LogP contribution < -0.4 is 23.7 Å². The van der Waals surface area contributed by atoms with Crippen LogP contribution in [0, 0.1) is 0 Å². The first kappa shape index (κ1) is 29.2. The molecule has 0 atom stereocenters. The van der Waals surface area contributed by atoms with Crippen LogP contribution in [0.1, 0.15) is 41.4 Å². The quantitative estimate of drug-likeness (QED) is 0.208. The molecule has 0 radical (unpaired) electrons. The summed E-state index contributed by atoms with van der Waals surface area (Å²) in [6, 6.07) is 23.4. The molecule has 11 heteroatoms. The molecule has 4 aromatic carbocycles. The van der Waals surface area contributed by atoms with Crippen LogP contribution in [-0.2, 0) is 0 Å². The SMILES string of the molecule is COc1ccccc1OCCN1C(=O)c2ccc(Oc3ccc4c(c3)C(=O)N(CCOc3ccccc3OC)C4=O)cc2C1=O. The lowest BCUT2D eigenvalue weighted by molar-refractivity contribution is 0.0616. The molecule has 45 heavy (non-hydrogen) atoms. The fourth-order valence-corrected chi connectivity index (χ4v) is 5.18. The number of fused-ring (bicyclic) bond motifs is 2. The summed E-state index contributed by atoms with van der Waals surface area (Å²) in [6.45, 7) is 0.255. The molecule has 0 saturated heterocycles. The number of carbonyl (C=O) groups excluding carboxylic acids is 4. The molecular weight excluding hydrogens is 580 g/mol. The van der Waals surface area contributed by atoms with Gasteiger partial charge in [-0.15, -0.1) is 0 Å². The van der Waals surface area contributed by atoms with E-state index in [0.717, 1.165) is 9.80 Å². The van der Waals surface area contributed by atoms with E-state index in [-0.39, 0.29) is 48.6 Å². The van der Waals surface area contributed by atoms with Crippen molar-refractivity contribution in [2.45, 2.75) is 0 Å². The molecule has 2 heterocycles. The van der Waals surface area contributed by atoms with E-state index in [9.17, 15) is 19.2 Å². The summed E-state index contributed by atoms with van der Waals surface area (Å²) < 4.78 is 28.0. The monoisotopic (exact) mass is 608 g/mol. The molecule has 0 aromatic heterocycles. The maximum Gasteiger partial charge on any atom is 0.261 e. The predicted octanol–water partition coefficient (Wildman–Crippen LogP) is 4.85. The zero-order valence-corrected chi connectivity index (χ0v) is 24.5. The van der Waals surface area contributed by atoms with Crippen molar-refractivity contribution in [3.8, 4) is 34.5 Å². The lowest BCUT2D eigenvalue weighted by Crippen LogP contribution is -2.33. The van der Waals surface area contributed by atoms with Gasteiger partial charge in [-0.3, -0.25) is 29.0 Å². The number of para-hydroxylation sites is 4. The van der Waals surface area contributed by atoms with Gasteiger partial charge < -0.3 is 23.7 Å². The number of hydrogen-bond donors (Lipinski definition) is 0. The molecule has 2 aliphatic rings. The molecule has 0 saturated carbocycles. The number of nitrogens with zero attached hydrogens (tertiary/aromatic N) is 2. The van der Waals surface area contributed by atoms with Crippen molar-refractivity contribution in [1.29, 1.82) is 0 Å². The van der Waals surface area contributed by atoms with Gasteiger partial charge >= 0.3 is 0 Å². The molecule has 2 aliphatic heterocycles. The average molecular weight is 609 g/mol. The number of ether oxygens (including phenoxy) is 5. The van der Waals surface area contributed by atoms with E-state index in [4.69, 9.17) is 23.7 Å². The Kier molecular flexibility index (Phi) is 8.06. The minimum atomic E-state index is -0.468. The number of methoxy groups -OCH3 is 2. The van der Waals surface area contributed by atoms with Gasteiger partial charge in [0.1, 0.15) is 24.7 Å². The molecule has 4 aromatic rings. The maximum absolute atomic E-state index is 13.1. The molecule has 0 spiro atoms. The molecule has 0 bridgehead atoms. The Morgan fingerprint density at radius 2 is 0.867 bits per heavy atom. The summed E-state index contributed by atoms with van der Waals surface area (Å²) in [4.78, 5) is 54.4. The third-order valence-corrected chi connectivity index (χ3v) is 7.40. The van der Waals surface area contributed by atoms with Crippen LogP contribution in [0.25, 0.3) is 0 Å². The molecular formula is C34H28N2O9. The summed E-state index contributed by atoms with van der Waals surface area (Å²) >= 11 is 0. The van der Waals surface area contributed by atoms with Gasteiger partial charge in [-0.1, -0.05) is 24.3 Å². The summed E-state index contributed by atoms with van der Waals surface area (Å²) in [5.74, 6) is 0.895. The van der Waals surface area contributed by atoms with Gasteiger partial charge in [0.05, 0.1) is 49.6 Å². The van der Waals surface area contributed by atoms with E-state index < -0.39 is 23.6 Å². The van der Waals surface area contributed by atoms with Gasteiger partial charge in [0.15, 0.2) is 23.0 Å². The summed E-state index contributed by atoms with van der Waals surface area (Å²) in [5.41, 5.74) is 0.905. The standard InChI is InChI=1S/C34H28N2O9/c1-41-27-7-3-5-9-29(27)43-17-15-35-31(37)23-13-11-21(19-25(23)33(35)39)45-22-12-14-24-26(20-22)34(40)36(32(24)38)16-18-44-30-10-6-4-8-28(30)42-2/h3-14,19-20H,15-18H2,1-2H3. The Hall–Kier alpha value is -5.84. The van der Waals surface area contributed by atoms with E-state index in [1.807, 2.05) is 12.1 Å². The van der Waals surface area contributed by atoms with Crippen LogP contribution in [0.5, 0.6) is 34.5 Å². The number of hydrogen-bond acceptors (Lipinski definition) is 9. The van der Waals surface area contributed by atoms with E-state index >= 15 is 0 Å². The third-order valence-electron chi connectivity index (χ3n) is 7.40. The van der Waals surface area contributed by atoms with Crippen LogP contribution in [0.15, 0.2) is 84.9 Å². The Balaban J connectivity index is 1.09. The molecule has 0 aliphatic carbocycles. The lowest BCUT2D eigenvalue weighted by Gasteiger charge is -2.15. The molecule has 0 unspecified atom stereocenters. The van der Waals surface area contributed by atoms with Gasteiger partial charge in [-0.2, -0.15) is 0 Å². The van der Waals surface area contributed by atoms with E-state index in [1.165, 1.54) is 38.5 Å².